The highest BCUT2D eigenvalue weighted by Crippen LogP contribution is 2.46. The Labute approximate surface area is 374 Å². The van der Waals surface area contributed by atoms with Crippen LogP contribution in [0.15, 0.2) is 35.7 Å². The van der Waals surface area contributed by atoms with Gasteiger partial charge in [-0.3, -0.25) is 28.7 Å². The van der Waals surface area contributed by atoms with Crippen LogP contribution in [0.4, 0.5) is 8.78 Å². The summed E-state index contributed by atoms with van der Waals surface area (Å²) in [6, 6.07) is 2.43. The first-order valence-corrected chi connectivity index (χ1v) is 24.2. The third-order valence-electron chi connectivity index (χ3n) is 12.7. The number of methoxy groups -OCH3 is 1. The molecule has 1 unspecified atom stereocenters. The molecule has 64 heavy (non-hydrogen) atoms. The summed E-state index contributed by atoms with van der Waals surface area (Å²) < 4.78 is 69.4. The van der Waals surface area contributed by atoms with Gasteiger partial charge in [0, 0.05) is 54.1 Å². The van der Waals surface area contributed by atoms with Gasteiger partial charge in [0.25, 0.3) is 11.8 Å². The molecule has 3 N–H and O–H groups in total. The predicted octanol–water partition coefficient (Wildman–Crippen LogP) is 4.50. The van der Waals surface area contributed by atoms with Gasteiger partial charge in [-0.05, 0) is 63.5 Å². The number of nitrogens with one attached hydrogen (secondary N) is 3. The zero-order valence-electron chi connectivity index (χ0n) is 36.2. The first kappa shape index (κ1) is 45.3. The van der Waals surface area contributed by atoms with E-state index < -0.39 is 93.3 Å². The molecule has 2 saturated heterocycles. The Morgan fingerprint density at radius 1 is 1.11 bits per heavy atom. The van der Waals surface area contributed by atoms with Gasteiger partial charge in [-0.2, -0.15) is 0 Å². The Kier molecular flexibility index (Phi) is 12.5. The van der Waals surface area contributed by atoms with Crippen LogP contribution in [0.1, 0.15) is 95.2 Å². The molecule has 2 saturated carbocycles. The summed E-state index contributed by atoms with van der Waals surface area (Å²) in [6.07, 6.45) is 3.05. The smallest absolute Gasteiger partial charge is 0.265 e. The fourth-order valence-corrected chi connectivity index (χ4v) is 11.1. The number of aryl methyl sites for hydroxylation is 1. The highest BCUT2D eigenvalue weighted by atomic mass is 32.2. The predicted molar refractivity (Wildman–Crippen MR) is 232 cm³/mol. The third-order valence-corrected chi connectivity index (χ3v) is 15.4. The topological polar surface area (TPSA) is 206 Å². The molecule has 5 amide bonds. The van der Waals surface area contributed by atoms with E-state index in [1.165, 1.54) is 16.2 Å². The zero-order valence-corrected chi connectivity index (χ0v) is 37.8. The molecule has 20 heteroatoms. The van der Waals surface area contributed by atoms with Crippen molar-refractivity contribution in [1.29, 1.82) is 0 Å². The van der Waals surface area contributed by atoms with Crippen molar-refractivity contribution in [3.63, 3.8) is 0 Å². The molecular formula is C44H53F2N7O9S2. The van der Waals surface area contributed by atoms with Crippen LogP contribution in [-0.2, 0) is 34.0 Å². The number of alkyl halides is 2. The van der Waals surface area contributed by atoms with Crippen molar-refractivity contribution in [3.8, 4) is 22.2 Å². The number of halogens is 2. The number of rotatable bonds is 10. The lowest BCUT2D eigenvalue weighted by Gasteiger charge is -2.34. The van der Waals surface area contributed by atoms with E-state index in [2.05, 4.69) is 15.4 Å². The minimum Gasteiger partial charge on any atom is -0.496 e. The number of carbonyl (C=O) groups is 5. The highest BCUT2D eigenvalue weighted by Gasteiger charge is 2.62. The number of fused-ring (bicyclic) bond motifs is 3. The first-order chi connectivity index (χ1) is 30.4. The monoisotopic (exact) mass is 925 g/mol. The molecule has 0 radical (unpaired) electrons. The second-order valence-electron chi connectivity index (χ2n) is 17.9. The van der Waals surface area contributed by atoms with Crippen molar-refractivity contribution in [2.45, 2.75) is 126 Å². The number of pyridine rings is 1. The molecule has 5 heterocycles. The van der Waals surface area contributed by atoms with Gasteiger partial charge in [0.2, 0.25) is 33.7 Å². The minimum atomic E-state index is -4.00. The van der Waals surface area contributed by atoms with Crippen LogP contribution in [0.2, 0.25) is 0 Å². The van der Waals surface area contributed by atoms with Crippen LogP contribution in [0.3, 0.4) is 0 Å². The number of benzene rings is 1. The summed E-state index contributed by atoms with van der Waals surface area (Å²) in [5.74, 6) is -6.38. The molecule has 0 bridgehead atoms. The Bertz CT molecular complexity index is 2510. The van der Waals surface area contributed by atoms with Crippen LogP contribution in [0.5, 0.6) is 11.5 Å². The van der Waals surface area contributed by atoms with E-state index in [0.29, 0.717) is 58.8 Å². The number of ether oxygens (including phenoxy) is 2. The largest absolute Gasteiger partial charge is 0.496 e. The molecule has 3 aliphatic heterocycles. The van der Waals surface area contributed by atoms with Crippen LogP contribution in [0, 0.1) is 12.8 Å². The zero-order chi connectivity index (χ0) is 45.7. The number of amides is 5. The molecule has 1 aromatic carbocycles. The summed E-state index contributed by atoms with van der Waals surface area (Å²) >= 11 is 1.42. The molecule has 344 valence electrons. The number of hydrogen-bond donors (Lipinski definition) is 3. The number of thiazole rings is 1. The van der Waals surface area contributed by atoms with Gasteiger partial charge >= 0.3 is 0 Å². The number of allylic oxidation sites excluding steroid dienone is 1. The summed E-state index contributed by atoms with van der Waals surface area (Å²) in [5, 5.41) is 7.99. The summed E-state index contributed by atoms with van der Waals surface area (Å²) in [5.41, 5.74) is 1.05. The van der Waals surface area contributed by atoms with Crippen LogP contribution in [-0.4, -0.2) is 119 Å². The number of sulfonamides is 1. The normalized spacial score (nSPS) is 26.8. The molecule has 3 aromatic rings. The molecule has 16 nitrogen and oxygen atoms in total. The van der Waals surface area contributed by atoms with Crippen molar-refractivity contribution in [2.24, 2.45) is 5.92 Å². The van der Waals surface area contributed by atoms with Crippen LogP contribution < -0.4 is 24.8 Å². The van der Waals surface area contributed by atoms with E-state index in [1.54, 1.807) is 37.5 Å². The number of likely N-dealkylation sites (tertiary alicyclic amines) is 1. The van der Waals surface area contributed by atoms with Crippen molar-refractivity contribution >= 4 is 61.8 Å². The SMILES string of the molecule is COc1ccc2c(O[C@@H]3C[C@H]4C(=O)N[C@]5(C(=O)NS(=O)(=O)C6CC6)CC5/C=C\CCCC(=O)N[C@@H](CC(=O)N5CCCC(F)(F)C5)C(=O)N4C3)cc(-c3nc(C(C)C)cs3)nc2c1C. The summed E-state index contributed by atoms with van der Waals surface area (Å²) in [7, 11) is -2.45. The lowest BCUT2D eigenvalue weighted by Crippen LogP contribution is -2.59. The van der Waals surface area contributed by atoms with E-state index >= 15 is 0 Å². The van der Waals surface area contributed by atoms with Crippen molar-refractivity contribution in [2.75, 3.05) is 26.7 Å². The van der Waals surface area contributed by atoms with Crippen molar-refractivity contribution < 1.29 is 50.6 Å². The molecule has 2 aliphatic carbocycles. The summed E-state index contributed by atoms with van der Waals surface area (Å²) in [6.45, 7) is 4.94. The molecule has 5 aliphatic rings. The second kappa shape index (κ2) is 17.6. The van der Waals surface area contributed by atoms with Gasteiger partial charge in [-0.15, -0.1) is 11.3 Å². The van der Waals surface area contributed by atoms with Gasteiger partial charge in [-0.1, -0.05) is 26.0 Å². The van der Waals surface area contributed by atoms with E-state index in [0.717, 1.165) is 16.2 Å². The molecule has 2 aromatic heterocycles. The molecular weight excluding hydrogens is 873 g/mol. The van der Waals surface area contributed by atoms with Crippen LogP contribution >= 0.6 is 11.3 Å². The quantitative estimate of drug-likeness (QED) is 0.242. The number of nitrogens with zero attached hydrogens (tertiary/aromatic N) is 4. The number of aromatic nitrogens is 2. The lowest BCUT2D eigenvalue weighted by atomic mass is 10.0. The molecule has 0 spiro atoms. The van der Waals surface area contributed by atoms with E-state index in [1.807, 2.05) is 26.2 Å². The van der Waals surface area contributed by atoms with Crippen LogP contribution in [0.25, 0.3) is 21.6 Å². The third kappa shape index (κ3) is 9.44. The average molecular weight is 926 g/mol. The van der Waals surface area contributed by atoms with E-state index in [9.17, 15) is 41.2 Å². The Morgan fingerprint density at radius 3 is 2.59 bits per heavy atom. The summed E-state index contributed by atoms with van der Waals surface area (Å²) in [4.78, 5) is 82.4. The Balaban J connectivity index is 1.15. The average Bonchev–Trinajstić information content (AvgIpc) is 4.12. The standard InChI is InChI=1S/C44H53F2N7O9S2/c1-24(2)32-22-63-40(49-32)30-18-35(29-13-14-34(61-4)25(3)38(29)48-30)62-27-17-33-39(56)50-44(42(58)51-64(59,60)28-11-12-28)20-26(44)9-6-5-7-10-36(54)47-31(41(57)53(33)21-27)19-37(55)52-16-8-15-43(45,46)23-52/h6,9,13-14,18,22,24,26-28,31,33H,5,7-8,10-12,15-17,19-21,23H2,1-4H3,(H,47,54)(H,50,56)(H,51,58)/b9-6-/t26?,27-,31+,33+,44-/m1/s1. The van der Waals surface area contributed by atoms with Crippen molar-refractivity contribution in [3.05, 3.63) is 47.0 Å². The Morgan fingerprint density at radius 2 is 1.89 bits per heavy atom. The van der Waals surface area contributed by atoms with Gasteiger partial charge in [0.1, 0.15) is 45.9 Å². The maximum atomic E-state index is 14.9. The van der Waals surface area contributed by atoms with Gasteiger partial charge in [0.15, 0.2) is 0 Å². The first-order valence-electron chi connectivity index (χ1n) is 21.8. The van der Waals surface area contributed by atoms with E-state index in [-0.39, 0.29) is 51.1 Å². The minimum absolute atomic E-state index is 0.0498. The van der Waals surface area contributed by atoms with Gasteiger partial charge in [-0.25, -0.2) is 27.2 Å². The number of hydrogen-bond acceptors (Lipinski definition) is 12. The number of carbonyl (C=O) groups excluding carboxylic acids is 5. The van der Waals surface area contributed by atoms with Crippen molar-refractivity contribution in [1.82, 2.24) is 35.1 Å². The lowest BCUT2D eigenvalue weighted by molar-refractivity contribution is -0.147. The van der Waals surface area contributed by atoms with Gasteiger partial charge < -0.3 is 29.9 Å². The fourth-order valence-electron chi connectivity index (χ4n) is 8.79. The molecule has 8 rings (SSSR count). The van der Waals surface area contributed by atoms with E-state index in [4.69, 9.17) is 19.4 Å². The maximum Gasteiger partial charge on any atom is 0.265 e. The molecule has 4 fully saturated rings. The van der Waals surface area contributed by atoms with Gasteiger partial charge in [0.05, 0.1) is 43.1 Å². The highest BCUT2D eigenvalue weighted by molar-refractivity contribution is 7.91. The molecule has 5 atom stereocenters. The number of piperidine rings is 1. The fraction of sp³-hybridized carbons (Fsp3) is 0.568. The second-order valence-corrected chi connectivity index (χ2v) is 20.7. The maximum absolute atomic E-state index is 14.9. The Hall–Kier alpha value is -5.24.